The minimum absolute atomic E-state index is 0.0380. The molecule has 1 aliphatic heterocycles. The lowest BCUT2D eigenvalue weighted by Gasteiger charge is -2.19. The molecule has 1 saturated heterocycles. The monoisotopic (exact) mass is 363 g/mol. The van der Waals surface area contributed by atoms with Gasteiger partial charge in [0.25, 0.3) is 0 Å². The maximum atomic E-state index is 12.7. The van der Waals surface area contributed by atoms with E-state index >= 15 is 0 Å². The largest absolute Gasteiger partial charge is 0.392 e. The van der Waals surface area contributed by atoms with Crippen LogP contribution in [0.5, 0.6) is 0 Å². The maximum absolute atomic E-state index is 12.7. The van der Waals surface area contributed by atoms with Crippen LogP contribution in [0.25, 0.3) is 0 Å². The Morgan fingerprint density at radius 2 is 2.08 bits per heavy atom. The van der Waals surface area contributed by atoms with Crippen molar-refractivity contribution in [2.45, 2.75) is 31.8 Å². The van der Waals surface area contributed by atoms with E-state index < -0.39 is 31.5 Å². The lowest BCUT2D eigenvalue weighted by atomic mass is 9.97. The summed E-state index contributed by atoms with van der Waals surface area (Å²) in [7, 11) is 0. The van der Waals surface area contributed by atoms with Gasteiger partial charge in [-0.05, 0) is 29.9 Å². The molecule has 1 atom stereocenters. The van der Waals surface area contributed by atoms with E-state index in [1.807, 2.05) is 24.3 Å². The third-order valence-electron chi connectivity index (χ3n) is 4.18. The number of benzene rings is 1. The predicted molar refractivity (Wildman–Crippen MR) is 82.5 cm³/mol. The molecule has 1 aromatic carbocycles. The van der Waals surface area contributed by atoms with Crippen molar-refractivity contribution in [1.29, 1.82) is 0 Å². The van der Waals surface area contributed by atoms with Crippen LogP contribution in [0.2, 0.25) is 0 Å². The molecule has 1 aliphatic rings. The van der Waals surface area contributed by atoms with Crippen LogP contribution in [-0.4, -0.2) is 54.6 Å². The highest BCUT2D eigenvalue weighted by atomic mass is 19.3. The van der Waals surface area contributed by atoms with Gasteiger partial charge >= 0.3 is 12.3 Å². The molecular formula is C17H21F4NO3. The second-order valence-corrected chi connectivity index (χ2v) is 6.23. The van der Waals surface area contributed by atoms with E-state index in [2.05, 4.69) is 4.74 Å². The number of nitrogens with zero attached hydrogens (tertiary/aromatic N) is 1. The SMILES string of the molecule is O=C(COCC(F)(F)C(F)F)N1CC[C@@H](Cc2cccc(CO)c2)C1. The standard InChI is InChI=1S/C17H21F4NO3/c18-16(19)17(20,21)11-25-10-15(24)22-5-4-13(8-22)6-12-2-1-3-14(7-12)9-23/h1-3,7,13,16,23H,4-6,8-11H2/t13-/m0/s1. The van der Waals surface area contributed by atoms with Gasteiger partial charge in [0.15, 0.2) is 0 Å². The summed E-state index contributed by atoms with van der Waals surface area (Å²) in [4.78, 5) is 13.4. The first-order valence-corrected chi connectivity index (χ1v) is 8.02. The Kier molecular flexibility index (Phi) is 6.78. The Bertz CT molecular complexity index is 583. The molecule has 1 aromatic rings. The zero-order valence-corrected chi connectivity index (χ0v) is 13.6. The van der Waals surface area contributed by atoms with Crippen LogP contribution >= 0.6 is 0 Å². The summed E-state index contributed by atoms with van der Waals surface area (Å²) >= 11 is 0. The van der Waals surface area contributed by atoms with Crippen molar-refractivity contribution >= 4 is 5.91 Å². The Balaban J connectivity index is 1.77. The minimum atomic E-state index is -4.24. The fourth-order valence-corrected chi connectivity index (χ4v) is 2.84. The predicted octanol–water partition coefficient (Wildman–Crippen LogP) is 2.49. The number of hydrogen-bond donors (Lipinski definition) is 1. The van der Waals surface area contributed by atoms with Crippen LogP contribution in [0.4, 0.5) is 17.6 Å². The number of aliphatic hydroxyl groups excluding tert-OH is 1. The lowest BCUT2D eigenvalue weighted by molar-refractivity contribution is -0.170. The lowest BCUT2D eigenvalue weighted by Crippen LogP contribution is -2.36. The number of ether oxygens (including phenoxy) is 1. The van der Waals surface area contributed by atoms with Gasteiger partial charge < -0.3 is 14.7 Å². The quantitative estimate of drug-likeness (QED) is 0.722. The maximum Gasteiger partial charge on any atom is 0.330 e. The summed E-state index contributed by atoms with van der Waals surface area (Å²) in [5.74, 6) is -4.50. The highest BCUT2D eigenvalue weighted by Crippen LogP contribution is 2.24. The summed E-state index contributed by atoms with van der Waals surface area (Å²) in [6, 6.07) is 7.52. The van der Waals surface area contributed by atoms with E-state index in [-0.39, 0.29) is 12.5 Å². The van der Waals surface area contributed by atoms with Crippen molar-refractivity contribution < 1.29 is 32.2 Å². The van der Waals surface area contributed by atoms with Crippen molar-refractivity contribution in [3.8, 4) is 0 Å². The smallest absolute Gasteiger partial charge is 0.330 e. The van der Waals surface area contributed by atoms with Crippen molar-refractivity contribution in [3.63, 3.8) is 0 Å². The summed E-state index contributed by atoms with van der Waals surface area (Å²) in [6.45, 7) is -1.19. The molecule has 0 saturated carbocycles. The van der Waals surface area contributed by atoms with Gasteiger partial charge in [0.05, 0.1) is 6.61 Å². The molecule has 25 heavy (non-hydrogen) atoms. The van der Waals surface area contributed by atoms with E-state index in [4.69, 9.17) is 5.11 Å². The second kappa shape index (κ2) is 8.62. The summed E-state index contributed by atoms with van der Waals surface area (Å²) in [6.07, 6.45) is -2.31. The van der Waals surface area contributed by atoms with E-state index in [9.17, 15) is 22.4 Å². The molecule has 0 radical (unpaired) electrons. The molecular weight excluding hydrogens is 342 g/mol. The molecule has 0 aromatic heterocycles. The number of likely N-dealkylation sites (tertiary alicyclic amines) is 1. The van der Waals surface area contributed by atoms with E-state index in [1.54, 1.807) is 0 Å². The molecule has 1 N–H and O–H groups in total. The van der Waals surface area contributed by atoms with Gasteiger partial charge in [0, 0.05) is 13.1 Å². The van der Waals surface area contributed by atoms with E-state index in [1.165, 1.54) is 4.90 Å². The Morgan fingerprint density at radius 3 is 2.76 bits per heavy atom. The highest BCUT2D eigenvalue weighted by Gasteiger charge is 2.41. The molecule has 0 bridgehead atoms. The second-order valence-electron chi connectivity index (χ2n) is 6.23. The zero-order valence-electron chi connectivity index (χ0n) is 13.6. The number of carbonyl (C=O) groups is 1. The third-order valence-corrected chi connectivity index (χ3v) is 4.18. The molecule has 1 heterocycles. The van der Waals surface area contributed by atoms with Gasteiger partial charge in [-0.15, -0.1) is 0 Å². The summed E-state index contributed by atoms with van der Waals surface area (Å²) < 4.78 is 53.9. The van der Waals surface area contributed by atoms with Gasteiger partial charge in [-0.1, -0.05) is 24.3 Å². The molecule has 8 heteroatoms. The fourth-order valence-electron chi connectivity index (χ4n) is 2.84. The molecule has 1 amide bonds. The third kappa shape index (κ3) is 5.67. The molecule has 2 rings (SSSR count). The van der Waals surface area contributed by atoms with Gasteiger partial charge in [0.2, 0.25) is 5.91 Å². The molecule has 4 nitrogen and oxygen atoms in total. The molecule has 1 fully saturated rings. The van der Waals surface area contributed by atoms with Crippen LogP contribution in [0, 0.1) is 5.92 Å². The van der Waals surface area contributed by atoms with Crippen molar-refractivity contribution in [2.24, 2.45) is 5.92 Å². The minimum Gasteiger partial charge on any atom is -0.392 e. The first-order chi connectivity index (χ1) is 11.8. The Hall–Kier alpha value is -1.67. The topological polar surface area (TPSA) is 49.8 Å². The first kappa shape index (κ1) is 19.7. The molecule has 140 valence electrons. The van der Waals surface area contributed by atoms with Gasteiger partial charge in [-0.3, -0.25) is 4.79 Å². The Morgan fingerprint density at radius 1 is 1.36 bits per heavy atom. The molecule has 0 unspecified atom stereocenters. The normalized spacial score (nSPS) is 18.2. The van der Waals surface area contributed by atoms with Gasteiger partial charge in [-0.25, -0.2) is 8.78 Å². The average molecular weight is 363 g/mol. The number of rotatable bonds is 8. The number of carbonyl (C=O) groups excluding carboxylic acids is 1. The summed E-state index contributed by atoms with van der Waals surface area (Å²) in [5.41, 5.74) is 1.87. The van der Waals surface area contributed by atoms with Crippen molar-refractivity contribution in [3.05, 3.63) is 35.4 Å². The average Bonchev–Trinajstić information content (AvgIpc) is 3.03. The van der Waals surface area contributed by atoms with Crippen molar-refractivity contribution in [2.75, 3.05) is 26.3 Å². The highest BCUT2D eigenvalue weighted by molar-refractivity contribution is 5.77. The Labute approximate surface area is 143 Å². The number of amides is 1. The van der Waals surface area contributed by atoms with Crippen LogP contribution < -0.4 is 0 Å². The fraction of sp³-hybridized carbons (Fsp3) is 0.588. The van der Waals surface area contributed by atoms with Gasteiger partial charge in [0.1, 0.15) is 13.2 Å². The van der Waals surface area contributed by atoms with Crippen LogP contribution in [0.3, 0.4) is 0 Å². The molecule has 0 aliphatic carbocycles. The first-order valence-electron chi connectivity index (χ1n) is 8.02. The van der Waals surface area contributed by atoms with Crippen LogP contribution in [0.15, 0.2) is 24.3 Å². The number of alkyl halides is 4. The number of halogens is 4. The number of hydrogen-bond acceptors (Lipinski definition) is 3. The van der Waals surface area contributed by atoms with E-state index in [0.29, 0.717) is 13.1 Å². The van der Waals surface area contributed by atoms with Gasteiger partial charge in [-0.2, -0.15) is 8.78 Å². The molecule has 0 spiro atoms. The van der Waals surface area contributed by atoms with Crippen LogP contribution in [0.1, 0.15) is 17.5 Å². The zero-order chi connectivity index (χ0) is 18.4. The van der Waals surface area contributed by atoms with Crippen molar-refractivity contribution in [1.82, 2.24) is 4.90 Å². The van der Waals surface area contributed by atoms with Crippen LogP contribution in [-0.2, 0) is 22.6 Å². The summed E-state index contributed by atoms with van der Waals surface area (Å²) in [5, 5.41) is 9.14. The van der Waals surface area contributed by atoms with E-state index in [0.717, 1.165) is 24.0 Å². The number of aliphatic hydroxyl groups is 1.